The second kappa shape index (κ2) is 8.55. The quantitative estimate of drug-likeness (QED) is 0.449. The number of nitrogens with zero attached hydrogens (tertiary/aromatic N) is 2. The number of aryl methyl sites for hydroxylation is 2. The molecule has 1 unspecified atom stereocenters. The van der Waals surface area contributed by atoms with Crippen molar-refractivity contribution in [2.75, 3.05) is 18.5 Å². The lowest BCUT2D eigenvalue weighted by Crippen LogP contribution is -2.10. The van der Waals surface area contributed by atoms with Gasteiger partial charge in [0.25, 0.3) is 0 Å². The maximum atomic E-state index is 8.95. The van der Waals surface area contributed by atoms with Crippen molar-refractivity contribution in [3.8, 4) is 17.0 Å². The predicted octanol–water partition coefficient (Wildman–Crippen LogP) is 5.05. The Kier molecular flexibility index (Phi) is 5.68. The average Bonchev–Trinajstić information content (AvgIpc) is 3.12. The van der Waals surface area contributed by atoms with E-state index in [0.717, 1.165) is 44.9 Å². The molecule has 0 bridgehead atoms. The molecule has 6 nitrogen and oxygen atoms in total. The number of anilines is 1. The number of aliphatic hydroxyl groups excluding tert-OH is 1. The molecule has 4 aromatic rings. The van der Waals surface area contributed by atoms with Crippen molar-refractivity contribution in [2.45, 2.75) is 26.8 Å². The Morgan fingerprint density at radius 1 is 1.10 bits per heavy atom. The van der Waals surface area contributed by atoms with Gasteiger partial charge in [-0.2, -0.15) is 0 Å². The Labute approximate surface area is 175 Å². The highest BCUT2D eigenvalue weighted by Crippen LogP contribution is 2.29. The van der Waals surface area contributed by atoms with Crippen LogP contribution in [0.1, 0.15) is 29.9 Å². The van der Waals surface area contributed by atoms with Crippen LogP contribution in [0.3, 0.4) is 0 Å². The molecule has 1 atom stereocenters. The second-order valence-corrected chi connectivity index (χ2v) is 7.33. The topological polar surface area (TPSA) is 80.4 Å². The first-order valence-electron chi connectivity index (χ1n) is 9.97. The van der Waals surface area contributed by atoms with Crippen molar-refractivity contribution in [3.05, 3.63) is 71.7 Å². The molecule has 0 aliphatic heterocycles. The Bertz CT molecular complexity index is 1170. The van der Waals surface area contributed by atoms with Crippen LogP contribution in [0.5, 0.6) is 5.75 Å². The van der Waals surface area contributed by atoms with Crippen molar-refractivity contribution < 1.29 is 14.3 Å². The number of aromatic nitrogens is 2. The highest BCUT2D eigenvalue weighted by molar-refractivity contribution is 5.85. The number of nitrogens with one attached hydrogen (secondary N) is 1. The van der Waals surface area contributed by atoms with E-state index in [1.54, 1.807) is 6.26 Å². The van der Waals surface area contributed by atoms with Crippen LogP contribution in [0.4, 0.5) is 5.82 Å². The Hall–Kier alpha value is -3.38. The van der Waals surface area contributed by atoms with Crippen molar-refractivity contribution >= 4 is 16.8 Å². The minimum absolute atomic E-state index is 0.00878. The molecular weight excluding hydrogens is 378 g/mol. The van der Waals surface area contributed by atoms with E-state index in [-0.39, 0.29) is 19.3 Å². The summed E-state index contributed by atoms with van der Waals surface area (Å²) in [5.74, 6) is 2.19. The molecule has 0 saturated heterocycles. The van der Waals surface area contributed by atoms with Gasteiger partial charge in [0.1, 0.15) is 29.6 Å². The van der Waals surface area contributed by atoms with Gasteiger partial charge >= 0.3 is 0 Å². The molecule has 0 amide bonds. The summed E-state index contributed by atoms with van der Waals surface area (Å²) >= 11 is 0. The third kappa shape index (κ3) is 4.28. The van der Waals surface area contributed by atoms with Gasteiger partial charge in [-0.15, -0.1) is 0 Å². The minimum Gasteiger partial charge on any atom is -0.491 e. The van der Waals surface area contributed by atoms with E-state index >= 15 is 0 Å². The summed E-state index contributed by atoms with van der Waals surface area (Å²) in [4.78, 5) is 9.19. The summed E-state index contributed by atoms with van der Waals surface area (Å²) in [6, 6.07) is 15.9. The van der Waals surface area contributed by atoms with Gasteiger partial charge in [0.05, 0.1) is 24.6 Å². The lowest BCUT2D eigenvalue weighted by molar-refractivity contribution is 0.201. The van der Waals surface area contributed by atoms with Crippen LogP contribution in [0.2, 0.25) is 0 Å². The number of fused-ring (bicyclic) bond motifs is 1. The normalized spacial score (nSPS) is 12.1. The Morgan fingerprint density at radius 2 is 1.97 bits per heavy atom. The largest absolute Gasteiger partial charge is 0.491 e. The van der Waals surface area contributed by atoms with E-state index in [0.29, 0.717) is 5.82 Å². The fourth-order valence-electron chi connectivity index (χ4n) is 3.45. The maximum Gasteiger partial charge on any atom is 0.134 e. The van der Waals surface area contributed by atoms with Crippen molar-refractivity contribution in [1.82, 2.24) is 9.97 Å². The highest BCUT2D eigenvalue weighted by atomic mass is 16.5. The lowest BCUT2D eigenvalue weighted by Gasteiger charge is -2.17. The zero-order chi connectivity index (χ0) is 21.1. The molecular formula is C24H25N3O3. The van der Waals surface area contributed by atoms with Crippen LogP contribution in [0.25, 0.3) is 22.2 Å². The number of benzene rings is 2. The zero-order valence-corrected chi connectivity index (χ0v) is 17.3. The maximum absolute atomic E-state index is 8.95. The number of furan rings is 1. The molecule has 0 spiro atoms. The number of aliphatic hydroxyl groups is 1. The molecule has 0 aliphatic rings. The second-order valence-electron chi connectivity index (χ2n) is 7.33. The molecule has 4 rings (SSSR count). The lowest BCUT2D eigenvalue weighted by atomic mass is 10.1. The number of rotatable bonds is 7. The Balaban J connectivity index is 1.59. The van der Waals surface area contributed by atoms with E-state index < -0.39 is 0 Å². The van der Waals surface area contributed by atoms with Gasteiger partial charge in [0.15, 0.2) is 0 Å². The van der Waals surface area contributed by atoms with Crippen LogP contribution >= 0.6 is 0 Å². The summed E-state index contributed by atoms with van der Waals surface area (Å²) in [6.45, 7) is 6.27. The van der Waals surface area contributed by atoms with Gasteiger partial charge in [-0.05, 0) is 62.2 Å². The zero-order valence-electron chi connectivity index (χ0n) is 17.3. The first-order valence-corrected chi connectivity index (χ1v) is 9.97. The van der Waals surface area contributed by atoms with Crippen LogP contribution in [-0.4, -0.2) is 28.3 Å². The molecule has 0 saturated carbocycles. The SMILES string of the molecule is Cc1nc(NC(C)c2cccc(OCCO)c2)cc(-c2ccc3occ(C)c3c2)n1. The smallest absolute Gasteiger partial charge is 0.134 e. The minimum atomic E-state index is -0.00878. The van der Waals surface area contributed by atoms with Gasteiger partial charge < -0.3 is 19.6 Å². The number of ether oxygens (including phenoxy) is 1. The van der Waals surface area contributed by atoms with Crippen molar-refractivity contribution in [2.24, 2.45) is 0 Å². The van der Waals surface area contributed by atoms with Crippen LogP contribution in [-0.2, 0) is 0 Å². The fraction of sp³-hybridized carbons (Fsp3) is 0.250. The first kappa shape index (κ1) is 19.9. The van der Waals surface area contributed by atoms with E-state index in [1.165, 1.54) is 0 Å². The monoisotopic (exact) mass is 403 g/mol. The fourth-order valence-corrected chi connectivity index (χ4v) is 3.45. The van der Waals surface area contributed by atoms with E-state index in [1.807, 2.05) is 56.3 Å². The molecule has 0 fully saturated rings. The molecule has 154 valence electrons. The Morgan fingerprint density at radius 3 is 2.80 bits per heavy atom. The number of hydrogen-bond donors (Lipinski definition) is 2. The molecule has 30 heavy (non-hydrogen) atoms. The van der Waals surface area contributed by atoms with Crippen LogP contribution in [0.15, 0.2) is 59.2 Å². The third-order valence-corrected chi connectivity index (χ3v) is 4.98. The molecule has 0 aliphatic carbocycles. The van der Waals surface area contributed by atoms with E-state index in [2.05, 4.69) is 28.3 Å². The van der Waals surface area contributed by atoms with Gasteiger partial charge in [0, 0.05) is 17.0 Å². The molecule has 2 aromatic heterocycles. The molecule has 2 heterocycles. The van der Waals surface area contributed by atoms with Gasteiger partial charge in [-0.1, -0.05) is 12.1 Å². The van der Waals surface area contributed by atoms with Crippen LogP contribution < -0.4 is 10.1 Å². The first-order chi connectivity index (χ1) is 14.5. The van der Waals surface area contributed by atoms with E-state index in [9.17, 15) is 0 Å². The summed E-state index contributed by atoms with van der Waals surface area (Å²) in [5.41, 5.74) is 4.93. The third-order valence-electron chi connectivity index (χ3n) is 4.98. The van der Waals surface area contributed by atoms with Gasteiger partial charge in [0.2, 0.25) is 0 Å². The summed E-state index contributed by atoms with van der Waals surface area (Å²) in [6.07, 6.45) is 1.77. The molecule has 2 N–H and O–H groups in total. The molecule has 0 radical (unpaired) electrons. The van der Waals surface area contributed by atoms with Crippen LogP contribution in [0, 0.1) is 13.8 Å². The standard InChI is InChI=1S/C24H25N3O3/c1-15-14-30-23-8-7-19(12-21(15)23)22-13-24(27-17(3)26-22)25-16(2)18-5-4-6-20(11-18)29-10-9-28/h4-8,11-14,16,28H,9-10H2,1-3H3,(H,25,26,27). The summed E-state index contributed by atoms with van der Waals surface area (Å²) < 4.78 is 11.1. The predicted molar refractivity (Wildman–Crippen MR) is 118 cm³/mol. The van der Waals surface area contributed by atoms with Gasteiger partial charge in [-0.3, -0.25) is 0 Å². The molecule has 2 aromatic carbocycles. The highest BCUT2D eigenvalue weighted by Gasteiger charge is 2.11. The van der Waals surface area contributed by atoms with E-state index in [4.69, 9.17) is 14.3 Å². The average molecular weight is 403 g/mol. The number of hydrogen-bond acceptors (Lipinski definition) is 6. The summed E-state index contributed by atoms with van der Waals surface area (Å²) in [7, 11) is 0. The van der Waals surface area contributed by atoms with Crippen molar-refractivity contribution in [3.63, 3.8) is 0 Å². The van der Waals surface area contributed by atoms with Gasteiger partial charge in [-0.25, -0.2) is 9.97 Å². The summed E-state index contributed by atoms with van der Waals surface area (Å²) in [5, 5.41) is 13.5. The molecule has 6 heteroatoms. The van der Waals surface area contributed by atoms with Crippen molar-refractivity contribution in [1.29, 1.82) is 0 Å².